The smallest absolute Gasteiger partial charge is 0.249 e. The van der Waals surface area contributed by atoms with Crippen molar-refractivity contribution in [3.63, 3.8) is 0 Å². The van der Waals surface area contributed by atoms with Gasteiger partial charge in [-0.15, -0.1) is 0 Å². The molecule has 3 heterocycles. The first kappa shape index (κ1) is 15.4. The molecule has 2 fully saturated rings. The van der Waals surface area contributed by atoms with Crippen molar-refractivity contribution in [1.29, 1.82) is 0 Å². The zero-order chi connectivity index (χ0) is 16.7. The van der Waals surface area contributed by atoms with Crippen molar-refractivity contribution in [2.75, 3.05) is 13.1 Å². The number of fused-ring (bicyclic) bond motifs is 1. The molecule has 2 saturated heterocycles. The Bertz CT molecular complexity index is 802. The van der Waals surface area contributed by atoms with E-state index in [-0.39, 0.29) is 17.9 Å². The Kier molecular flexibility index (Phi) is 3.88. The average Bonchev–Trinajstić information content (AvgIpc) is 2.91. The predicted octanol–water partition coefficient (Wildman–Crippen LogP) is 2.39. The van der Waals surface area contributed by atoms with Gasteiger partial charge in [0.1, 0.15) is 6.04 Å². The zero-order valence-electron chi connectivity index (χ0n) is 14.0. The highest BCUT2D eigenvalue weighted by Gasteiger charge is 2.29. The molecule has 2 amide bonds. The van der Waals surface area contributed by atoms with E-state index in [2.05, 4.69) is 39.5 Å². The number of rotatable bonds is 2. The number of aryl methyl sites for hydroxylation is 1. The fraction of sp³-hybridized carbons (Fsp3) is 0.474. The van der Waals surface area contributed by atoms with Crippen LogP contribution in [0.4, 0.5) is 0 Å². The first-order valence-electron chi connectivity index (χ1n) is 8.79. The molecule has 0 saturated carbocycles. The topological polar surface area (TPSA) is 63.1 Å². The minimum absolute atomic E-state index is 0.168. The lowest BCUT2D eigenvalue weighted by Gasteiger charge is -2.25. The minimum atomic E-state index is -0.287. The largest absolute Gasteiger partial charge is 0.332 e. The molecule has 2 aromatic rings. The number of benzene rings is 1. The van der Waals surface area contributed by atoms with Crippen molar-refractivity contribution in [2.24, 2.45) is 0 Å². The third kappa shape index (κ3) is 2.63. The number of nitrogens with zero attached hydrogens (tertiary/aromatic N) is 1. The summed E-state index contributed by atoms with van der Waals surface area (Å²) in [4.78, 5) is 23.7. The van der Waals surface area contributed by atoms with E-state index in [0.29, 0.717) is 18.8 Å². The summed E-state index contributed by atoms with van der Waals surface area (Å²) in [6, 6.07) is 8.50. The highest BCUT2D eigenvalue weighted by Crippen LogP contribution is 2.32. The zero-order valence-corrected chi connectivity index (χ0v) is 14.0. The predicted molar refractivity (Wildman–Crippen MR) is 92.9 cm³/mol. The molecule has 1 unspecified atom stereocenters. The minimum Gasteiger partial charge on any atom is -0.332 e. The molecule has 5 nitrogen and oxygen atoms in total. The van der Waals surface area contributed by atoms with Gasteiger partial charge in [-0.2, -0.15) is 0 Å². The molecule has 0 bridgehead atoms. The van der Waals surface area contributed by atoms with Gasteiger partial charge < -0.3 is 9.88 Å². The summed E-state index contributed by atoms with van der Waals surface area (Å²) in [6.45, 7) is 4.20. The van der Waals surface area contributed by atoms with E-state index >= 15 is 0 Å². The third-order valence-corrected chi connectivity index (χ3v) is 5.39. The molecule has 1 aromatic heterocycles. The van der Waals surface area contributed by atoms with Gasteiger partial charge in [0.05, 0.1) is 0 Å². The molecule has 2 aliphatic heterocycles. The molecule has 1 atom stereocenters. The van der Waals surface area contributed by atoms with Crippen molar-refractivity contribution < 1.29 is 9.59 Å². The van der Waals surface area contributed by atoms with Crippen molar-refractivity contribution in [2.45, 2.75) is 44.6 Å². The van der Waals surface area contributed by atoms with E-state index in [1.807, 2.05) is 6.92 Å². The Hall–Kier alpha value is -2.14. The number of hydrogen-bond acceptors (Lipinski definition) is 3. The second-order valence-corrected chi connectivity index (χ2v) is 6.97. The highest BCUT2D eigenvalue weighted by molar-refractivity contribution is 6.00. The average molecular weight is 325 g/mol. The molecule has 0 aliphatic carbocycles. The monoisotopic (exact) mass is 325 g/mol. The van der Waals surface area contributed by atoms with Crippen molar-refractivity contribution >= 4 is 22.7 Å². The molecule has 0 radical (unpaired) electrons. The molecule has 4 rings (SSSR count). The van der Waals surface area contributed by atoms with Crippen LogP contribution in [0.15, 0.2) is 24.3 Å². The summed E-state index contributed by atoms with van der Waals surface area (Å²) < 4.78 is 2.09. The van der Waals surface area contributed by atoms with Crippen LogP contribution in [0, 0.1) is 6.92 Å². The Labute approximate surface area is 141 Å². The molecule has 2 aliphatic rings. The number of amides is 2. The van der Waals surface area contributed by atoms with Crippen LogP contribution in [-0.2, 0) is 9.59 Å². The van der Waals surface area contributed by atoms with Gasteiger partial charge in [0.25, 0.3) is 0 Å². The summed E-state index contributed by atoms with van der Waals surface area (Å²) in [5.41, 5.74) is 3.55. The molecule has 5 heteroatoms. The highest BCUT2D eigenvalue weighted by atomic mass is 16.2. The summed E-state index contributed by atoms with van der Waals surface area (Å²) in [6.07, 6.45) is 3.34. The van der Waals surface area contributed by atoms with Gasteiger partial charge in [-0.25, -0.2) is 0 Å². The summed E-state index contributed by atoms with van der Waals surface area (Å²) in [7, 11) is 0. The molecule has 0 spiro atoms. The van der Waals surface area contributed by atoms with Crippen LogP contribution >= 0.6 is 0 Å². The van der Waals surface area contributed by atoms with Gasteiger partial charge >= 0.3 is 0 Å². The maximum Gasteiger partial charge on any atom is 0.249 e. The SMILES string of the molecule is Cc1cc2cc(C3CCNCC3)ccc2n1C1CCC(=O)NC1=O. The molecule has 126 valence electrons. The van der Waals surface area contributed by atoms with E-state index in [9.17, 15) is 9.59 Å². The third-order valence-electron chi connectivity index (χ3n) is 5.39. The Morgan fingerprint density at radius 1 is 1.08 bits per heavy atom. The maximum absolute atomic E-state index is 12.3. The van der Waals surface area contributed by atoms with Crippen LogP contribution in [0.25, 0.3) is 10.9 Å². The summed E-state index contributed by atoms with van der Waals surface area (Å²) in [5.74, 6) is 0.266. The van der Waals surface area contributed by atoms with Gasteiger partial charge in [0.2, 0.25) is 11.8 Å². The lowest BCUT2D eigenvalue weighted by molar-refractivity contribution is -0.135. The fourth-order valence-electron chi connectivity index (χ4n) is 4.14. The van der Waals surface area contributed by atoms with E-state index in [1.54, 1.807) is 0 Å². The van der Waals surface area contributed by atoms with E-state index in [0.717, 1.165) is 24.3 Å². The number of carbonyl (C=O) groups excluding carboxylic acids is 2. The number of carbonyl (C=O) groups is 2. The van der Waals surface area contributed by atoms with E-state index < -0.39 is 0 Å². The Morgan fingerprint density at radius 3 is 2.62 bits per heavy atom. The Morgan fingerprint density at radius 2 is 1.88 bits per heavy atom. The number of hydrogen-bond donors (Lipinski definition) is 2. The molecule has 2 N–H and O–H groups in total. The second kappa shape index (κ2) is 6.06. The van der Waals surface area contributed by atoms with Crippen LogP contribution in [0.5, 0.6) is 0 Å². The van der Waals surface area contributed by atoms with Gasteiger partial charge in [-0.3, -0.25) is 14.9 Å². The molecule has 24 heavy (non-hydrogen) atoms. The van der Waals surface area contributed by atoms with Crippen LogP contribution in [0.1, 0.15) is 48.9 Å². The normalized spacial score (nSPS) is 22.8. The van der Waals surface area contributed by atoms with Crippen LogP contribution < -0.4 is 10.6 Å². The lowest BCUT2D eigenvalue weighted by Crippen LogP contribution is -2.41. The second-order valence-electron chi connectivity index (χ2n) is 6.97. The number of imide groups is 1. The van der Waals surface area contributed by atoms with Crippen molar-refractivity contribution in [1.82, 2.24) is 15.2 Å². The van der Waals surface area contributed by atoms with E-state index in [1.165, 1.54) is 23.8 Å². The quantitative estimate of drug-likeness (QED) is 0.834. The number of aromatic nitrogens is 1. The first-order valence-corrected chi connectivity index (χ1v) is 8.79. The molecule has 1 aromatic carbocycles. The van der Waals surface area contributed by atoms with Crippen LogP contribution in [0.2, 0.25) is 0 Å². The maximum atomic E-state index is 12.3. The van der Waals surface area contributed by atoms with Crippen LogP contribution in [0.3, 0.4) is 0 Å². The first-order chi connectivity index (χ1) is 11.6. The van der Waals surface area contributed by atoms with Gasteiger partial charge in [-0.05, 0) is 69.0 Å². The summed E-state index contributed by atoms with van der Waals surface area (Å²) in [5, 5.41) is 7.07. The van der Waals surface area contributed by atoms with Gasteiger partial charge in [0, 0.05) is 23.0 Å². The van der Waals surface area contributed by atoms with Gasteiger partial charge in [-0.1, -0.05) is 6.07 Å². The van der Waals surface area contributed by atoms with Gasteiger partial charge in [0.15, 0.2) is 0 Å². The van der Waals surface area contributed by atoms with Crippen molar-refractivity contribution in [3.05, 3.63) is 35.5 Å². The Balaban J connectivity index is 1.71. The molecular formula is C19H23N3O2. The number of piperidine rings is 2. The number of nitrogens with one attached hydrogen (secondary N) is 2. The molecular weight excluding hydrogens is 302 g/mol. The fourth-order valence-corrected chi connectivity index (χ4v) is 4.14. The lowest BCUT2D eigenvalue weighted by atomic mass is 9.90. The summed E-state index contributed by atoms with van der Waals surface area (Å²) >= 11 is 0. The van der Waals surface area contributed by atoms with Crippen molar-refractivity contribution in [3.8, 4) is 0 Å². The van der Waals surface area contributed by atoms with Crippen LogP contribution in [-0.4, -0.2) is 29.5 Å². The van der Waals surface area contributed by atoms with E-state index in [4.69, 9.17) is 0 Å². The standard InChI is InChI=1S/C19H23N3O2/c1-12-10-15-11-14(13-6-8-20-9-7-13)2-3-16(15)22(12)17-4-5-18(23)21-19(17)24/h2-3,10-11,13,17,20H,4-9H2,1H3,(H,21,23,24).